The van der Waals surface area contributed by atoms with E-state index in [0.29, 0.717) is 18.5 Å². The molecule has 31 heavy (non-hydrogen) atoms. The Morgan fingerprint density at radius 2 is 1.84 bits per heavy atom. The van der Waals surface area contributed by atoms with E-state index in [2.05, 4.69) is 15.6 Å². The predicted molar refractivity (Wildman–Crippen MR) is 112 cm³/mol. The number of nitrogens with one attached hydrogen (secondary N) is 2. The second-order valence-electron chi connectivity index (χ2n) is 8.34. The van der Waals surface area contributed by atoms with Gasteiger partial charge in [-0.2, -0.15) is 0 Å². The topological polar surface area (TPSA) is 71.1 Å². The van der Waals surface area contributed by atoms with Crippen molar-refractivity contribution in [2.24, 2.45) is 11.8 Å². The molecule has 0 saturated heterocycles. The third-order valence-electron chi connectivity index (χ3n) is 6.30. The van der Waals surface area contributed by atoms with Gasteiger partial charge in [0.2, 0.25) is 5.91 Å². The molecule has 2 amide bonds. The molecule has 2 saturated carbocycles. The molecule has 2 aromatic rings. The van der Waals surface area contributed by atoms with Crippen molar-refractivity contribution in [3.8, 4) is 0 Å². The molecule has 1 heterocycles. The summed E-state index contributed by atoms with van der Waals surface area (Å²) in [5.41, 5.74) is 0.163. The van der Waals surface area contributed by atoms with Gasteiger partial charge in [0, 0.05) is 23.7 Å². The van der Waals surface area contributed by atoms with Gasteiger partial charge in [-0.3, -0.25) is 14.6 Å². The summed E-state index contributed by atoms with van der Waals surface area (Å²) in [6.07, 6.45) is 6.01. The van der Waals surface area contributed by atoms with Gasteiger partial charge < -0.3 is 10.6 Å². The smallest absolute Gasteiger partial charge is 0.270 e. The van der Waals surface area contributed by atoms with Gasteiger partial charge in [0.1, 0.15) is 17.3 Å². The van der Waals surface area contributed by atoms with Crippen LogP contribution in [0.1, 0.15) is 60.6 Å². The van der Waals surface area contributed by atoms with Crippen LogP contribution in [0.4, 0.5) is 8.78 Å². The van der Waals surface area contributed by atoms with E-state index in [1.807, 2.05) is 0 Å². The van der Waals surface area contributed by atoms with Gasteiger partial charge >= 0.3 is 0 Å². The number of rotatable bonds is 6. The standard InChI is InChI=1S/C23H24ClF2N3O2/c24-16-8-9-17(25)19(20(16)26)21(13-5-1-2-6-13)29-22(30)14-11-15(12-14)28-23(31)18-7-3-4-10-27-18/h3-4,7-10,13-15,21H,1-2,5-6,11-12H2,(H,28,31)(H,29,30)/t14?,15?,21-/m0/s1. The molecule has 2 fully saturated rings. The Morgan fingerprint density at radius 1 is 1.10 bits per heavy atom. The third-order valence-corrected chi connectivity index (χ3v) is 6.59. The first-order valence-corrected chi connectivity index (χ1v) is 11.0. The lowest BCUT2D eigenvalue weighted by atomic mass is 9.79. The monoisotopic (exact) mass is 447 g/mol. The highest BCUT2D eigenvalue weighted by Gasteiger charge is 2.39. The van der Waals surface area contributed by atoms with E-state index in [-0.39, 0.29) is 40.3 Å². The number of carbonyl (C=O) groups excluding carboxylic acids is 2. The number of amides is 2. The zero-order valence-corrected chi connectivity index (χ0v) is 17.7. The Morgan fingerprint density at radius 3 is 2.52 bits per heavy atom. The van der Waals surface area contributed by atoms with Crippen LogP contribution in [-0.2, 0) is 4.79 Å². The van der Waals surface area contributed by atoms with Crippen LogP contribution in [-0.4, -0.2) is 22.8 Å². The largest absolute Gasteiger partial charge is 0.349 e. The molecule has 0 unspecified atom stereocenters. The number of pyridine rings is 1. The summed E-state index contributed by atoms with van der Waals surface area (Å²) in [4.78, 5) is 29.1. The number of nitrogens with zero attached hydrogens (tertiary/aromatic N) is 1. The molecule has 1 atom stereocenters. The summed E-state index contributed by atoms with van der Waals surface area (Å²) in [7, 11) is 0. The van der Waals surface area contributed by atoms with E-state index in [9.17, 15) is 18.4 Å². The fraction of sp³-hybridized carbons (Fsp3) is 0.435. The summed E-state index contributed by atoms with van der Waals surface area (Å²) in [5.74, 6) is -2.40. The van der Waals surface area contributed by atoms with Crippen molar-refractivity contribution < 1.29 is 18.4 Å². The predicted octanol–water partition coefficient (Wildman–Crippen LogP) is 4.57. The summed E-state index contributed by atoms with van der Waals surface area (Å²) >= 11 is 5.89. The van der Waals surface area contributed by atoms with Crippen LogP contribution in [0, 0.1) is 23.5 Å². The Labute approximate surface area is 184 Å². The van der Waals surface area contributed by atoms with Gasteiger partial charge in [-0.25, -0.2) is 8.78 Å². The van der Waals surface area contributed by atoms with E-state index < -0.39 is 17.7 Å². The summed E-state index contributed by atoms with van der Waals surface area (Å²) in [6.45, 7) is 0. The average molecular weight is 448 g/mol. The van der Waals surface area contributed by atoms with Gasteiger partial charge in [0.05, 0.1) is 11.1 Å². The molecule has 0 aliphatic heterocycles. The van der Waals surface area contributed by atoms with Crippen LogP contribution in [0.3, 0.4) is 0 Å². The van der Waals surface area contributed by atoms with Crippen molar-refractivity contribution in [2.45, 2.75) is 50.6 Å². The fourth-order valence-corrected chi connectivity index (χ4v) is 4.69. The van der Waals surface area contributed by atoms with Crippen LogP contribution in [0.25, 0.3) is 0 Å². The molecule has 0 spiro atoms. The van der Waals surface area contributed by atoms with Crippen LogP contribution in [0.5, 0.6) is 0 Å². The Hall–Kier alpha value is -2.54. The summed E-state index contributed by atoms with van der Waals surface area (Å²) < 4.78 is 29.2. The van der Waals surface area contributed by atoms with E-state index in [1.165, 1.54) is 6.07 Å². The number of aromatic nitrogens is 1. The van der Waals surface area contributed by atoms with E-state index in [4.69, 9.17) is 11.6 Å². The number of halogens is 3. The minimum atomic E-state index is -0.812. The Kier molecular flexibility index (Phi) is 6.51. The molecule has 1 aromatic heterocycles. The van der Waals surface area contributed by atoms with Gasteiger partial charge in [0.25, 0.3) is 5.91 Å². The van der Waals surface area contributed by atoms with Gasteiger partial charge in [-0.05, 0) is 55.9 Å². The molecule has 4 rings (SSSR count). The second kappa shape index (κ2) is 9.30. The van der Waals surface area contributed by atoms with Crippen molar-refractivity contribution in [1.82, 2.24) is 15.6 Å². The molecule has 164 valence electrons. The van der Waals surface area contributed by atoms with Gasteiger partial charge in [-0.1, -0.05) is 30.5 Å². The van der Waals surface area contributed by atoms with Crippen molar-refractivity contribution in [3.05, 3.63) is 64.4 Å². The SMILES string of the molecule is O=C(NC1CC(C(=O)N[C@H](c2c(F)ccc(Cl)c2F)C2CCCC2)C1)c1ccccn1. The molecular formula is C23H24ClF2N3O2. The molecule has 2 aliphatic carbocycles. The maximum absolute atomic E-state index is 14.7. The van der Waals surface area contributed by atoms with E-state index in [1.54, 1.807) is 24.4 Å². The van der Waals surface area contributed by atoms with E-state index in [0.717, 1.165) is 31.7 Å². The lowest BCUT2D eigenvalue weighted by molar-refractivity contribution is -0.129. The molecule has 2 N–H and O–H groups in total. The maximum Gasteiger partial charge on any atom is 0.270 e. The lowest BCUT2D eigenvalue weighted by Crippen LogP contribution is -2.50. The number of benzene rings is 1. The molecule has 0 radical (unpaired) electrons. The maximum atomic E-state index is 14.7. The van der Waals surface area contributed by atoms with Crippen LogP contribution in [0.15, 0.2) is 36.5 Å². The number of hydrogen-bond acceptors (Lipinski definition) is 3. The molecule has 8 heteroatoms. The molecular weight excluding hydrogens is 424 g/mol. The van der Waals surface area contributed by atoms with Crippen LogP contribution >= 0.6 is 11.6 Å². The minimum absolute atomic E-state index is 0.0360. The summed E-state index contributed by atoms with van der Waals surface area (Å²) in [5, 5.41) is 5.60. The second-order valence-corrected chi connectivity index (χ2v) is 8.75. The van der Waals surface area contributed by atoms with Crippen molar-refractivity contribution >= 4 is 23.4 Å². The van der Waals surface area contributed by atoms with E-state index >= 15 is 0 Å². The molecule has 1 aromatic carbocycles. The molecule has 2 aliphatic rings. The number of hydrogen-bond donors (Lipinski definition) is 2. The van der Waals surface area contributed by atoms with Crippen molar-refractivity contribution in [1.29, 1.82) is 0 Å². The summed E-state index contributed by atoms with van der Waals surface area (Å²) in [6, 6.07) is 6.53. The van der Waals surface area contributed by atoms with Crippen molar-refractivity contribution in [2.75, 3.05) is 0 Å². The molecule has 0 bridgehead atoms. The first kappa shape index (κ1) is 21.7. The third kappa shape index (κ3) is 4.71. The lowest BCUT2D eigenvalue weighted by Gasteiger charge is -2.36. The zero-order chi connectivity index (χ0) is 22.0. The first-order valence-electron chi connectivity index (χ1n) is 10.6. The Bertz CT molecular complexity index is 961. The highest BCUT2D eigenvalue weighted by molar-refractivity contribution is 6.30. The van der Waals surface area contributed by atoms with Gasteiger partial charge in [-0.15, -0.1) is 0 Å². The van der Waals surface area contributed by atoms with Crippen molar-refractivity contribution in [3.63, 3.8) is 0 Å². The normalized spacial score (nSPS) is 21.9. The molecule has 5 nitrogen and oxygen atoms in total. The highest BCUT2D eigenvalue weighted by Crippen LogP contribution is 2.40. The van der Waals surface area contributed by atoms with Crippen LogP contribution in [0.2, 0.25) is 5.02 Å². The van der Waals surface area contributed by atoms with Gasteiger partial charge in [0.15, 0.2) is 0 Å². The average Bonchev–Trinajstić information content (AvgIpc) is 3.27. The zero-order valence-electron chi connectivity index (χ0n) is 16.9. The first-order chi connectivity index (χ1) is 14.9. The number of carbonyl (C=O) groups is 2. The fourth-order valence-electron chi connectivity index (χ4n) is 4.52. The van der Waals surface area contributed by atoms with Crippen LogP contribution < -0.4 is 10.6 Å². The minimum Gasteiger partial charge on any atom is -0.349 e. The quantitative estimate of drug-likeness (QED) is 0.637. The highest BCUT2D eigenvalue weighted by atomic mass is 35.5. The Balaban J connectivity index is 1.40.